The van der Waals surface area contributed by atoms with E-state index < -0.39 is 22.3 Å². The minimum Gasteiger partial charge on any atom is -0.444 e. The van der Waals surface area contributed by atoms with E-state index in [0.717, 1.165) is 5.56 Å². The lowest BCUT2D eigenvalue weighted by Crippen LogP contribution is -2.49. The molecule has 136 valence electrons. The topological polar surface area (TPSA) is 81.9 Å². The van der Waals surface area contributed by atoms with Crippen LogP contribution in [0.1, 0.15) is 40.2 Å². The highest BCUT2D eigenvalue weighted by molar-refractivity contribution is 5.70. The van der Waals surface area contributed by atoms with Crippen molar-refractivity contribution in [1.29, 1.82) is 0 Å². The zero-order chi connectivity index (χ0) is 18.8. The van der Waals surface area contributed by atoms with E-state index in [1.54, 1.807) is 17.0 Å². The summed E-state index contributed by atoms with van der Waals surface area (Å²) in [6.45, 7) is 9.44. The Bertz CT molecular complexity index is 674. The zero-order valence-corrected chi connectivity index (χ0v) is 15.2. The third-order valence-corrected chi connectivity index (χ3v) is 3.72. The first-order valence-corrected chi connectivity index (χ1v) is 8.08. The molecule has 7 heteroatoms. The standard InChI is InChI=1S/C18H24N2O5/c1-17(2,3)25-16(21)19-15(12-24-18(19,4)5)11-8-13-6-9-14(10-7-13)20(22)23/h6-11,15H,12H2,1-5H3/t15-/m1/s1. The molecular formula is C18H24N2O5. The van der Waals surface area contributed by atoms with E-state index in [9.17, 15) is 14.9 Å². The van der Waals surface area contributed by atoms with Crippen LogP contribution in [0.5, 0.6) is 0 Å². The van der Waals surface area contributed by atoms with Gasteiger partial charge in [0, 0.05) is 12.1 Å². The number of amides is 1. The monoisotopic (exact) mass is 348 g/mol. The molecule has 0 bridgehead atoms. The van der Waals surface area contributed by atoms with Gasteiger partial charge in [0.2, 0.25) is 0 Å². The fourth-order valence-corrected chi connectivity index (χ4v) is 2.57. The van der Waals surface area contributed by atoms with Crippen molar-refractivity contribution < 1.29 is 19.2 Å². The molecule has 1 aromatic carbocycles. The van der Waals surface area contributed by atoms with Crippen LogP contribution in [0.2, 0.25) is 0 Å². The molecule has 1 heterocycles. The Labute approximate surface area is 147 Å². The highest BCUT2D eigenvalue weighted by Gasteiger charge is 2.44. The van der Waals surface area contributed by atoms with Crippen molar-refractivity contribution in [2.75, 3.05) is 6.61 Å². The Kier molecular flexibility index (Phi) is 5.17. The first-order chi connectivity index (χ1) is 11.5. The second kappa shape index (κ2) is 6.84. The van der Waals surface area contributed by atoms with E-state index in [2.05, 4.69) is 0 Å². The quantitative estimate of drug-likeness (QED) is 0.609. The highest BCUT2D eigenvalue weighted by atomic mass is 16.6. The predicted octanol–water partition coefficient (Wildman–Crippen LogP) is 3.98. The summed E-state index contributed by atoms with van der Waals surface area (Å²) in [6, 6.07) is 5.93. The van der Waals surface area contributed by atoms with Gasteiger partial charge in [0.15, 0.2) is 0 Å². The van der Waals surface area contributed by atoms with Crippen LogP contribution in [-0.4, -0.2) is 39.9 Å². The van der Waals surface area contributed by atoms with Crippen molar-refractivity contribution in [3.63, 3.8) is 0 Å². The molecule has 1 amide bonds. The molecule has 0 unspecified atom stereocenters. The number of hydrogen-bond acceptors (Lipinski definition) is 5. The van der Waals surface area contributed by atoms with Crippen LogP contribution in [0, 0.1) is 10.1 Å². The van der Waals surface area contributed by atoms with Crippen LogP contribution in [-0.2, 0) is 9.47 Å². The van der Waals surface area contributed by atoms with Gasteiger partial charge in [-0.25, -0.2) is 4.79 Å². The molecule has 25 heavy (non-hydrogen) atoms. The van der Waals surface area contributed by atoms with Gasteiger partial charge in [-0.3, -0.25) is 15.0 Å². The number of carbonyl (C=O) groups is 1. The van der Waals surface area contributed by atoms with Gasteiger partial charge in [0.25, 0.3) is 5.69 Å². The number of benzene rings is 1. The van der Waals surface area contributed by atoms with Gasteiger partial charge >= 0.3 is 6.09 Å². The van der Waals surface area contributed by atoms with Crippen LogP contribution in [0.15, 0.2) is 30.3 Å². The maximum absolute atomic E-state index is 12.5. The zero-order valence-electron chi connectivity index (χ0n) is 15.2. The molecule has 1 aliphatic heterocycles. The molecule has 0 aliphatic carbocycles. The van der Waals surface area contributed by atoms with Crippen LogP contribution in [0.4, 0.5) is 10.5 Å². The van der Waals surface area contributed by atoms with Crippen molar-refractivity contribution in [2.45, 2.75) is 52.0 Å². The summed E-state index contributed by atoms with van der Waals surface area (Å²) in [7, 11) is 0. The summed E-state index contributed by atoms with van der Waals surface area (Å²) in [4.78, 5) is 24.4. The van der Waals surface area contributed by atoms with Crippen molar-refractivity contribution in [2.24, 2.45) is 0 Å². The average molecular weight is 348 g/mol. The predicted molar refractivity (Wildman–Crippen MR) is 94.0 cm³/mol. The lowest BCUT2D eigenvalue weighted by Gasteiger charge is -2.34. The second-order valence-electron chi connectivity index (χ2n) is 7.38. The minimum atomic E-state index is -0.771. The molecule has 1 aromatic rings. The molecule has 1 saturated heterocycles. The van der Waals surface area contributed by atoms with Crippen LogP contribution < -0.4 is 0 Å². The van der Waals surface area contributed by atoms with Gasteiger partial charge in [-0.15, -0.1) is 0 Å². The second-order valence-corrected chi connectivity index (χ2v) is 7.38. The number of rotatable bonds is 3. The largest absolute Gasteiger partial charge is 0.444 e. The van der Waals surface area contributed by atoms with Crippen molar-refractivity contribution in [3.05, 3.63) is 46.0 Å². The third-order valence-electron chi connectivity index (χ3n) is 3.72. The van der Waals surface area contributed by atoms with E-state index >= 15 is 0 Å². The van der Waals surface area contributed by atoms with Crippen molar-refractivity contribution in [3.8, 4) is 0 Å². The highest BCUT2D eigenvalue weighted by Crippen LogP contribution is 2.30. The Balaban J connectivity index is 2.16. The molecule has 0 aromatic heterocycles. The maximum Gasteiger partial charge on any atom is 0.413 e. The Hall–Kier alpha value is -2.41. The van der Waals surface area contributed by atoms with E-state index in [4.69, 9.17) is 9.47 Å². The summed E-state index contributed by atoms with van der Waals surface area (Å²) < 4.78 is 11.2. The Morgan fingerprint density at radius 2 is 1.96 bits per heavy atom. The summed E-state index contributed by atoms with van der Waals surface area (Å²) in [5, 5.41) is 10.7. The first kappa shape index (κ1) is 18.9. The molecule has 0 saturated carbocycles. The molecular weight excluding hydrogens is 324 g/mol. The third kappa shape index (κ3) is 4.79. The number of carbonyl (C=O) groups excluding carboxylic acids is 1. The Morgan fingerprint density at radius 3 is 2.48 bits per heavy atom. The molecule has 0 radical (unpaired) electrons. The van der Waals surface area contributed by atoms with Gasteiger partial charge in [-0.1, -0.05) is 12.2 Å². The normalized spacial score (nSPS) is 20.0. The lowest BCUT2D eigenvalue weighted by molar-refractivity contribution is -0.384. The maximum atomic E-state index is 12.5. The number of nitro groups is 1. The van der Waals surface area contributed by atoms with E-state index in [0.29, 0.717) is 6.61 Å². The van der Waals surface area contributed by atoms with Crippen LogP contribution in [0.3, 0.4) is 0 Å². The van der Waals surface area contributed by atoms with Gasteiger partial charge in [0.1, 0.15) is 11.3 Å². The molecule has 7 nitrogen and oxygen atoms in total. The molecule has 1 fully saturated rings. The summed E-state index contributed by atoms with van der Waals surface area (Å²) in [5.74, 6) is 0. The van der Waals surface area contributed by atoms with Crippen LogP contribution in [0.25, 0.3) is 6.08 Å². The number of non-ortho nitro benzene ring substituents is 1. The number of nitrogens with zero attached hydrogens (tertiary/aromatic N) is 2. The van der Waals surface area contributed by atoms with Crippen LogP contribution >= 0.6 is 0 Å². The average Bonchev–Trinajstić information content (AvgIpc) is 2.78. The molecule has 2 rings (SSSR count). The molecule has 1 aliphatic rings. The van der Waals surface area contributed by atoms with Gasteiger partial charge in [-0.05, 0) is 52.3 Å². The van der Waals surface area contributed by atoms with E-state index in [-0.39, 0.29) is 11.7 Å². The minimum absolute atomic E-state index is 0.0397. The molecule has 0 spiro atoms. The van der Waals surface area contributed by atoms with Gasteiger partial charge < -0.3 is 9.47 Å². The van der Waals surface area contributed by atoms with Crippen molar-refractivity contribution >= 4 is 17.9 Å². The first-order valence-electron chi connectivity index (χ1n) is 8.08. The summed E-state index contributed by atoms with van der Waals surface area (Å²) >= 11 is 0. The Morgan fingerprint density at radius 1 is 1.36 bits per heavy atom. The summed E-state index contributed by atoms with van der Waals surface area (Å²) in [5.41, 5.74) is -0.521. The van der Waals surface area contributed by atoms with E-state index in [1.165, 1.54) is 12.1 Å². The van der Waals surface area contributed by atoms with Crippen molar-refractivity contribution in [1.82, 2.24) is 4.90 Å². The number of ether oxygens (including phenoxy) is 2. The van der Waals surface area contributed by atoms with Gasteiger partial charge in [0.05, 0.1) is 17.6 Å². The fraction of sp³-hybridized carbons (Fsp3) is 0.500. The molecule has 0 N–H and O–H groups in total. The van der Waals surface area contributed by atoms with E-state index in [1.807, 2.05) is 46.8 Å². The summed E-state index contributed by atoms with van der Waals surface area (Å²) in [6.07, 6.45) is 3.23. The lowest BCUT2D eigenvalue weighted by atomic mass is 10.1. The SMILES string of the molecule is CC(C)(C)OC(=O)N1[C@H](C=Cc2ccc([N+](=O)[O-])cc2)COC1(C)C. The smallest absolute Gasteiger partial charge is 0.413 e. The molecule has 1 atom stereocenters. The van der Waals surface area contributed by atoms with Gasteiger partial charge in [-0.2, -0.15) is 0 Å². The number of hydrogen-bond donors (Lipinski definition) is 0. The number of nitro benzene ring substituents is 1. The fourth-order valence-electron chi connectivity index (χ4n) is 2.57.